The number of H-pyrrole nitrogens is 1. The average Bonchev–Trinajstić information content (AvgIpc) is 3.52. The second kappa shape index (κ2) is 11.5. The number of fused-ring (bicyclic) bond motifs is 1. The predicted molar refractivity (Wildman–Crippen MR) is 158 cm³/mol. The van der Waals surface area contributed by atoms with Crippen molar-refractivity contribution in [3.8, 4) is 22.3 Å². The van der Waals surface area contributed by atoms with E-state index in [1.54, 1.807) is 0 Å². The Morgan fingerprint density at radius 3 is 2.69 bits per heavy atom. The SMILES string of the molecule is CCN1CCC(n2cc(-c3c[nH]c4ncc(-c5ccc(N6CCCOCC6)c(CN(C)C)c5)cc34)cn2)CC1. The van der Waals surface area contributed by atoms with Crippen LogP contribution in [-0.2, 0) is 11.3 Å². The number of anilines is 1. The number of rotatable bonds is 7. The molecule has 8 heteroatoms. The molecule has 2 aliphatic rings. The molecule has 1 N–H and O–H groups in total. The smallest absolute Gasteiger partial charge is 0.137 e. The molecule has 0 saturated carbocycles. The Morgan fingerprint density at radius 2 is 1.87 bits per heavy atom. The maximum absolute atomic E-state index is 5.71. The Hall–Kier alpha value is -3.20. The molecule has 0 spiro atoms. The van der Waals surface area contributed by atoms with Crippen LogP contribution < -0.4 is 4.90 Å². The van der Waals surface area contributed by atoms with Crippen molar-refractivity contribution in [2.75, 3.05) is 64.9 Å². The van der Waals surface area contributed by atoms with Crippen molar-refractivity contribution in [3.63, 3.8) is 0 Å². The van der Waals surface area contributed by atoms with Crippen LogP contribution in [0.4, 0.5) is 5.69 Å². The minimum absolute atomic E-state index is 0.477. The summed E-state index contributed by atoms with van der Waals surface area (Å²) in [5.74, 6) is 0. The molecule has 0 bridgehead atoms. The largest absolute Gasteiger partial charge is 0.380 e. The zero-order valence-electron chi connectivity index (χ0n) is 23.6. The fraction of sp³-hybridized carbons (Fsp3) is 0.484. The number of aromatic nitrogens is 4. The lowest BCUT2D eigenvalue weighted by molar-refractivity contribution is 0.152. The van der Waals surface area contributed by atoms with Gasteiger partial charge in [0.05, 0.1) is 18.8 Å². The predicted octanol–water partition coefficient (Wildman–Crippen LogP) is 5.04. The summed E-state index contributed by atoms with van der Waals surface area (Å²) in [6, 6.07) is 9.63. The van der Waals surface area contributed by atoms with Crippen molar-refractivity contribution >= 4 is 16.7 Å². The zero-order valence-corrected chi connectivity index (χ0v) is 23.6. The highest BCUT2D eigenvalue weighted by Gasteiger charge is 2.21. The molecule has 8 nitrogen and oxygen atoms in total. The maximum atomic E-state index is 5.71. The van der Waals surface area contributed by atoms with Gasteiger partial charge in [-0.2, -0.15) is 5.10 Å². The average molecular weight is 528 g/mol. The lowest BCUT2D eigenvalue weighted by Gasteiger charge is -2.31. The maximum Gasteiger partial charge on any atom is 0.137 e. The molecule has 0 amide bonds. The van der Waals surface area contributed by atoms with E-state index >= 15 is 0 Å². The van der Waals surface area contributed by atoms with Gasteiger partial charge in [-0.05, 0) is 69.2 Å². The van der Waals surface area contributed by atoms with Crippen molar-refractivity contribution in [2.24, 2.45) is 0 Å². The number of pyridine rings is 1. The molecule has 0 unspecified atom stereocenters. The number of hydrogen-bond donors (Lipinski definition) is 1. The van der Waals surface area contributed by atoms with Gasteiger partial charge in [0, 0.05) is 85.7 Å². The quantitative estimate of drug-likeness (QED) is 0.363. The fourth-order valence-electron chi connectivity index (χ4n) is 6.10. The number of aromatic amines is 1. The Balaban J connectivity index is 1.30. The Kier molecular flexibility index (Phi) is 7.68. The molecule has 39 heavy (non-hydrogen) atoms. The van der Waals surface area contributed by atoms with E-state index in [9.17, 15) is 0 Å². The van der Waals surface area contributed by atoms with E-state index in [0.29, 0.717) is 6.04 Å². The van der Waals surface area contributed by atoms with Crippen LogP contribution in [0.2, 0.25) is 0 Å². The zero-order chi connectivity index (χ0) is 26.8. The molecule has 2 aliphatic heterocycles. The first-order chi connectivity index (χ1) is 19.1. The summed E-state index contributed by atoms with van der Waals surface area (Å²) in [6.45, 7) is 10.2. The third-order valence-electron chi connectivity index (χ3n) is 8.28. The second-order valence-electron chi connectivity index (χ2n) is 11.2. The molecule has 5 heterocycles. The van der Waals surface area contributed by atoms with Gasteiger partial charge in [-0.1, -0.05) is 13.0 Å². The molecule has 206 valence electrons. The van der Waals surface area contributed by atoms with Gasteiger partial charge in [0.25, 0.3) is 0 Å². The van der Waals surface area contributed by atoms with Crippen molar-refractivity contribution < 1.29 is 4.74 Å². The van der Waals surface area contributed by atoms with Gasteiger partial charge >= 0.3 is 0 Å². The van der Waals surface area contributed by atoms with Crippen LogP contribution in [0, 0.1) is 0 Å². The number of nitrogens with zero attached hydrogens (tertiary/aromatic N) is 6. The first-order valence-corrected chi connectivity index (χ1v) is 14.4. The van der Waals surface area contributed by atoms with E-state index in [1.165, 1.54) is 16.8 Å². The summed E-state index contributed by atoms with van der Waals surface area (Å²) in [7, 11) is 4.27. The molecule has 0 atom stereocenters. The fourth-order valence-corrected chi connectivity index (χ4v) is 6.10. The lowest BCUT2D eigenvalue weighted by atomic mass is 10.00. The number of hydrogen-bond acceptors (Lipinski definition) is 6. The summed E-state index contributed by atoms with van der Waals surface area (Å²) < 4.78 is 7.89. The van der Waals surface area contributed by atoms with Gasteiger partial charge in [-0.25, -0.2) is 4.98 Å². The lowest BCUT2D eigenvalue weighted by Crippen LogP contribution is -2.34. The monoisotopic (exact) mass is 527 g/mol. The van der Waals surface area contributed by atoms with Gasteiger partial charge in [-0.15, -0.1) is 0 Å². The highest BCUT2D eigenvalue weighted by atomic mass is 16.5. The van der Waals surface area contributed by atoms with Gasteiger partial charge < -0.3 is 24.4 Å². The van der Waals surface area contributed by atoms with Gasteiger partial charge in [0.1, 0.15) is 5.65 Å². The van der Waals surface area contributed by atoms with E-state index < -0.39 is 0 Å². The van der Waals surface area contributed by atoms with E-state index in [2.05, 4.69) is 82.0 Å². The minimum atomic E-state index is 0.477. The molecule has 1 aromatic carbocycles. The van der Waals surface area contributed by atoms with Gasteiger partial charge in [-0.3, -0.25) is 4.68 Å². The summed E-state index contributed by atoms with van der Waals surface area (Å²) in [4.78, 5) is 15.4. The van der Waals surface area contributed by atoms with Gasteiger partial charge in [0.2, 0.25) is 0 Å². The molecular weight excluding hydrogens is 486 g/mol. The summed E-state index contributed by atoms with van der Waals surface area (Å²) in [6.07, 6.45) is 11.7. The van der Waals surface area contributed by atoms with Crippen LogP contribution in [0.5, 0.6) is 0 Å². The van der Waals surface area contributed by atoms with Crippen LogP contribution in [-0.4, -0.2) is 89.6 Å². The van der Waals surface area contributed by atoms with E-state index in [4.69, 9.17) is 14.8 Å². The number of ether oxygens (including phenoxy) is 1. The van der Waals surface area contributed by atoms with Crippen LogP contribution in [0.15, 0.2) is 49.1 Å². The number of piperidine rings is 1. The molecule has 2 saturated heterocycles. The molecular formula is C31H41N7O. The third kappa shape index (κ3) is 5.60. The first kappa shape index (κ1) is 26.0. The summed E-state index contributed by atoms with van der Waals surface area (Å²) >= 11 is 0. The second-order valence-corrected chi connectivity index (χ2v) is 11.2. The Morgan fingerprint density at radius 1 is 1.00 bits per heavy atom. The standard InChI is InChI=1S/C31H41N7O/c1-4-36-11-8-27(9-12-36)38-22-26(19-34-38)29-20-33-31-28(29)17-24(18-32-31)23-6-7-30(25(16-23)21-35(2)3)37-10-5-14-39-15-13-37/h6-7,16-20,22,27H,4-5,8-15,21H2,1-3H3,(H,32,33). The number of nitrogens with one attached hydrogen (secondary N) is 1. The van der Waals surface area contributed by atoms with Crippen molar-refractivity contribution in [1.82, 2.24) is 29.5 Å². The van der Waals surface area contributed by atoms with E-state index in [-0.39, 0.29) is 0 Å². The van der Waals surface area contributed by atoms with Crippen LogP contribution >= 0.6 is 0 Å². The highest BCUT2D eigenvalue weighted by molar-refractivity contribution is 5.95. The molecule has 0 aliphatic carbocycles. The normalized spacial score (nSPS) is 17.8. The number of likely N-dealkylation sites (tertiary alicyclic amines) is 1. The van der Waals surface area contributed by atoms with Crippen molar-refractivity contribution in [3.05, 3.63) is 54.6 Å². The first-order valence-electron chi connectivity index (χ1n) is 14.4. The topological polar surface area (TPSA) is 65.5 Å². The van der Waals surface area contributed by atoms with Crippen LogP contribution in [0.25, 0.3) is 33.3 Å². The highest BCUT2D eigenvalue weighted by Crippen LogP contribution is 2.34. The Labute approximate surface area is 231 Å². The molecule has 2 fully saturated rings. The van der Waals surface area contributed by atoms with E-state index in [0.717, 1.165) is 99.5 Å². The molecule has 6 rings (SSSR count). The summed E-state index contributed by atoms with van der Waals surface area (Å²) in [5, 5.41) is 5.91. The third-order valence-corrected chi connectivity index (χ3v) is 8.28. The van der Waals surface area contributed by atoms with Crippen LogP contribution in [0.3, 0.4) is 0 Å². The molecule has 4 aromatic rings. The van der Waals surface area contributed by atoms with Crippen LogP contribution in [0.1, 0.15) is 37.8 Å². The molecule has 3 aromatic heterocycles. The van der Waals surface area contributed by atoms with Crippen molar-refractivity contribution in [2.45, 2.75) is 38.8 Å². The number of benzene rings is 1. The summed E-state index contributed by atoms with van der Waals surface area (Å²) in [5.41, 5.74) is 8.19. The molecule has 0 radical (unpaired) electrons. The minimum Gasteiger partial charge on any atom is -0.380 e. The van der Waals surface area contributed by atoms with Crippen molar-refractivity contribution in [1.29, 1.82) is 0 Å². The Bertz CT molecular complexity index is 1390. The van der Waals surface area contributed by atoms with E-state index in [1.807, 2.05) is 12.4 Å². The van der Waals surface area contributed by atoms with Gasteiger partial charge in [0.15, 0.2) is 0 Å².